The Kier molecular flexibility index (Phi) is 7.90. The lowest BCUT2D eigenvalue weighted by molar-refractivity contribution is -0.383. The van der Waals surface area contributed by atoms with Crippen LogP contribution in [0.4, 0.5) is 17.3 Å². The van der Waals surface area contributed by atoms with Crippen molar-refractivity contribution in [2.45, 2.75) is 27.7 Å². The Balaban J connectivity index is 2.33. The quantitative estimate of drug-likeness (QED) is 0.447. The fourth-order valence-corrected chi connectivity index (χ4v) is 3.01. The first-order valence-corrected chi connectivity index (χ1v) is 9.68. The summed E-state index contributed by atoms with van der Waals surface area (Å²) < 4.78 is 5.18. The monoisotopic (exact) mass is 416 g/mol. The molecule has 0 aliphatic rings. The summed E-state index contributed by atoms with van der Waals surface area (Å²) in [7, 11) is 1.46. The molecule has 1 aromatic carbocycles. The van der Waals surface area contributed by atoms with Crippen molar-refractivity contribution >= 4 is 23.2 Å². The second-order valence-electron chi connectivity index (χ2n) is 7.62. The van der Waals surface area contributed by atoms with E-state index in [1.165, 1.54) is 13.4 Å². The van der Waals surface area contributed by atoms with Gasteiger partial charge in [0.2, 0.25) is 11.6 Å². The summed E-state index contributed by atoms with van der Waals surface area (Å²) in [5, 5.41) is 11.9. The predicted molar refractivity (Wildman–Crippen MR) is 115 cm³/mol. The van der Waals surface area contributed by atoms with Crippen molar-refractivity contribution in [3.63, 3.8) is 0 Å². The number of amides is 1. The summed E-state index contributed by atoms with van der Waals surface area (Å²) >= 11 is 0. The summed E-state index contributed by atoms with van der Waals surface area (Å²) in [6, 6.07) is 6.67. The van der Waals surface area contributed by atoms with Crippen molar-refractivity contribution in [2.24, 2.45) is 11.8 Å². The Morgan fingerprint density at radius 2 is 1.80 bits per heavy atom. The van der Waals surface area contributed by atoms with Crippen LogP contribution in [0.25, 0.3) is 0 Å². The van der Waals surface area contributed by atoms with Crippen LogP contribution in [0.3, 0.4) is 0 Å². The van der Waals surface area contributed by atoms with E-state index in [1.54, 1.807) is 24.3 Å². The third-order valence-corrected chi connectivity index (χ3v) is 4.10. The molecule has 1 heterocycles. The molecule has 0 spiro atoms. The van der Waals surface area contributed by atoms with Crippen LogP contribution in [-0.4, -0.2) is 41.0 Å². The van der Waals surface area contributed by atoms with Crippen LogP contribution in [0.5, 0.6) is 5.75 Å². The molecule has 0 saturated carbocycles. The van der Waals surface area contributed by atoms with Crippen LogP contribution in [0.2, 0.25) is 0 Å². The third-order valence-electron chi connectivity index (χ3n) is 4.10. The molecule has 0 unspecified atom stereocenters. The van der Waals surface area contributed by atoms with E-state index in [9.17, 15) is 14.9 Å². The maximum atomic E-state index is 12.5. The van der Waals surface area contributed by atoms with Crippen LogP contribution in [0, 0.1) is 22.0 Å². The van der Waals surface area contributed by atoms with Crippen LogP contribution in [-0.2, 0) is 0 Å². The minimum Gasteiger partial charge on any atom is -0.496 e. The molecule has 10 nitrogen and oxygen atoms in total. The fraction of sp³-hybridized carbons (Fsp3) is 0.450. The number of benzene rings is 1. The molecule has 0 radical (unpaired) electrons. The molecule has 30 heavy (non-hydrogen) atoms. The standard InChI is InChI=1S/C20H28N6O4/c1-13(2)10-25(11-14(3)4)19-17(26(28)29)18(21-12-22-19)23-24-20(27)15-8-6-7-9-16(15)30-5/h6-9,12-14H,10-11H2,1-5H3,(H,24,27)(H,21,22,23). The third kappa shape index (κ3) is 5.79. The first-order valence-electron chi connectivity index (χ1n) is 9.68. The second-order valence-corrected chi connectivity index (χ2v) is 7.62. The van der Waals surface area contributed by atoms with Gasteiger partial charge in [-0.25, -0.2) is 9.97 Å². The molecule has 1 amide bonds. The van der Waals surface area contributed by atoms with E-state index in [1.807, 2.05) is 32.6 Å². The molecule has 0 fully saturated rings. The molecule has 10 heteroatoms. The van der Waals surface area contributed by atoms with E-state index in [0.29, 0.717) is 18.8 Å². The number of hydrazine groups is 1. The minimum atomic E-state index is -0.541. The zero-order valence-electron chi connectivity index (χ0n) is 17.9. The average molecular weight is 416 g/mol. The Hall–Kier alpha value is -3.43. The van der Waals surface area contributed by atoms with Crippen molar-refractivity contribution in [2.75, 3.05) is 30.5 Å². The van der Waals surface area contributed by atoms with Gasteiger partial charge < -0.3 is 9.64 Å². The summed E-state index contributed by atoms with van der Waals surface area (Å²) in [4.78, 5) is 33.9. The number of nitro groups is 1. The van der Waals surface area contributed by atoms with Gasteiger partial charge in [-0.05, 0) is 24.0 Å². The van der Waals surface area contributed by atoms with Gasteiger partial charge >= 0.3 is 5.69 Å². The van der Waals surface area contributed by atoms with Crippen LogP contribution >= 0.6 is 0 Å². The van der Waals surface area contributed by atoms with E-state index in [0.717, 1.165) is 0 Å². The lowest BCUT2D eigenvalue weighted by Crippen LogP contribution is -2.34. The van der Waals surface area contributed by atoms with E-state index in [4.69, 9.17) is 4.74 Å². The molecular weight excluding hydrogens is 388 g/mol. The highest BCUT2D eigenvalue weighted by Gasteiger charge is 2.28. The molecule has 0 aliphatic heterocycles. The van der Waals surface area contributed by atoms with Gasteiger partial charge in [0, 0.05) is 13.1 Å². The van der Waals surface area contributed by atoms with Gasteiger partial charge in [-0.3, -0.25) is 25.8 Å². The number of ether oxygens (including phenoxy) is 1. The first kappa shape index (κ1) is 22.9. The molecular formula is C20H28N6O4. The van der Waals surface area contributed by atoms with Crippen LogP contribution < -0.4 is 20.5 Å². The molecule has 0 saturated heterocycles. The maximum absolute atomic E-state index is 12.5. The number of carbonyl (C=O) groups is 1. The molecule has 0 bridgehead atoms. The van der Waals surface area contributed by atoms with Gasteiger partial charge in [0.05, 0.1) is 17.6 Å². The molecule has 2 aromatic rings. The number of hydrogen-bond acceptors (Lipinski definition) is 8. The van der Waals surface area contributed by atoms with Gasteiger partial charge in [0.1, 0.15) is 12.1 Å². The molecule has 2 rings (SSSR count). The SMILES string of the molecule is COc1ccccc1C(=O)NNc1ncnc(N(CC(C)C)CC(C)C)c1[N+](=O)[O-]. The van der Waals surface area contributed by atoms with Crippen molar-refractivity contribution < 1.29 is 14.5 Å². The van der Waals surface area contributed by atoms with Crippen molar-refractivity contribution in [3.05, 3.63) is 46.3 Å². The molecule has 1 aromatic heterocycles. The average Bonchev–Trinajstić information content (AvgIpc) is 2.70. The molecule has 2 N–H and O–H groups in total. The van der Waals surface area contributed by atoms with Crippen molar-refractivity contribution in [1.29, 1.82) is 0 Å². The topological polar surface area (TPSA) is 123 Å². The van der Waals surface area contributed by atoms with Gasteiger partial charge in [-0.1, -0.05) is 39.8 Å². The number of nitrogens with one attached hydrogen (secondary N) is 2. The Morgan fingerprint density at radius 3 is 2.37 bits per heavy atom. The van der Waals surface area contributed by atoms with Gasteiger partial charge in [0.15, 0.2) is 0 Å². The van der Waals surface area contributed by atoms with Gasteiger partial charge in [-0.2, -0.15) is 0 Å². The van der Waals surface area contributed by atoms with E-state index in [-0.39, 0.29) is 34.7 Å². The molecule has 162 valence electrons. The van der Waals surface area contributed by atoms with Gasteiger partial charge in [-0.15, -0.1) is 0 Å². The largest absolute Gasteiger partial charge is 0.496 e. The number of carbonyl (C=O) groups excluding carboxylic acids is 1. The zero-order chi connectivity index (χ0) is 22.3. The van der Waals surface area contributed by atoms with E-state index < -0.39 is 10.8 Å². The minimum absolute atomic E-state index is 0.0919. The van der Waals surface area contributed by atoms with Crippen molar-refractivity contribution in [1.82, 2.24) is 15.4 Å². The number of hydrogen-bond donors (Lipinski definition) is 2. The van der Waals surface area contributed by atoms with E-state index in [2.05, 4.69) is 20.8 Å². The number of anilines is 2. The Morgan fingerprint density at radius 1 is 1.17 bits per heavy atom. The highest BCUT2D eigenvalue weighted by Crippen LogP contribution is 2.32. The zero-order valence-corrected chi connectivity index (χ0v) is 17.9. The number of rotatable bonds is 10. The number of methoxy groups -OCH3 is 1. The predicted octanol–water partition coefficient (Wildman–Crippen LogP) is 3.27. The highest BCUT2D eigenvalue weighted by molar-refractivity contribution is 5.97. The maximum Gasteiger partial charge on any atom is 0.355 e. The number of aromatic nitrogens is 2. The second kappa shape index (κ2) is 10.4. The summed E-state index contributed by atoms with van der Waals surface area (Å²) in [6.45, 7) is 9.34. The lowest BCUT2D eigenvalue weighted by Gasteiger charge is -2.27. The summed E-state index contributed by atoms with van der Waals surface area (Å²) in [5.41, 5.74) is 5.01. The number of para-hydroxylation sites is 1. The van der Waals surface area contributed by atoms with E-state index >= 15 is 0 Å². The number of nitrogens with zero attached hydrogens (tertiary/aromatic N) is 4. The Labute approximate surface area is 175 Å². The van der Waals surface area contributed by atoms with Crippen LogP contribution in [0.1, 0.15) is 38.1 Å². The smallest absolute Gasteiger partial charge is 0.355 e. The summed E-state index contributed by atoms with van der Waals surface area (Å²) in [6.07, 6.45) is 1.24. The highest BCUT2D eigenvalue weighted by atomic mass is 16.6. The first-order chi connectivity index (χ1) is 14.2. The molecule has 0 aliphatic carbocycles. The van der Waals surface area contributed by atoms with Gasteiger partial charge in [0.25, 0.3) is 5.91 Å². The van der Waals surface area contributed by atoms with Crippen LogP contribution in [0.15, 0.2) is 30.6 Å². The fourth-order valence-electron chi connectivity index (χ4n) is 3.01. The normalized spacial score (nSPS) is 10.8. The van der Waals surface area contributed by atoms with Crippen molar-refractivity contribution in [3.8, 4) is 5.75 Å². The summed E-state index contributed by atoms with van der Waals surface area (Å²) in [5.74, 6) is 0.551. The Bertz CT molecular complexity index is 877. The lowest BCUT2D eigenvalue weighted by atomic mass is 10.1. The molecule has 0 atom stereocenters.